The van der Waals surface area contributed by atoms with E-state index in [4.69, 9.17) is 4.42 Å². The lowest BCUT2D eigenvalue weighted by molar-refractivity contribution is -0.118. The number of aromatic nitrogens is 1. The molecule has 1 fully saturated rings. The molecule has 1 amide bonds. The number of anilines is 1. The number of rotatable bonds is 6. The summed E-state index contributed by atoms with van der Waals surface area (Å²) in [4.78, 5) is 18.6. The van der Waals surface area contributed by atoms with Gasteiger partial charge in [-0.2, -0.15) is 0 Å². The standard InChI is InChI=1S/C17H23N3O3S/c21-14(15-6-4-9-23-15)11-13-5-2-1-3-8-20(13)12-16(22)19-17-18-7-10-24-17/h4,6-7,9-10,13-14,21H,1-3,5,8,11-12H2,(H,18,19,22). The minimum Gasteiger partial charge on any atom is -0.467 e. The molecular formula is C17H23N3O3S. The predicted octanol–water partition coefficient (Wildman–Crippen LogP) is 3.04. The SMILES string of the molecule is O=C(CN1CCCCCC1CC(O)c1ccco1)Nc1nccs1. The second-order valence-electron chi connectivity index (χ2n) is 6.13. The normalized spacial score (nSPS) is 20.5. The lowest BCUT2D eigenvalue weighted by Crippen LogP contribution is -2.41. The number of amides is 1. The van der Waals surface area contributed by atoms with Crippen molar-refractivity contribution in [1.29, 1.82) is 0 Å². The topological polar surface area (TPSA) is 78.6 Å². The summed E-state index contributed by atoms with van der Waals surface area (Å²) < 4.78 is 5.30. The fraction of sp³-hybridized carbons (Fsp3) is 0.529. The van der Waals surface area contributed by atoms with Crippen LogP contribution in [0.3, 0.4) is 0 Å². The second kappa shape index (κ2) is 8.41. The summed E-state index contributed by atoms with van der Waals surface area (Å²) in [6.07, 6.45) is 7.56. The van der Waals surface area contributed by atoms with Crippen LogP contribution in [-0.4, -0.2) is 40.0 Å². The Balaban J connectivity index is 1.60. The molecule has 7 heteroatoms. The summed E-state index contributed by atoms with van der Waals surface area (Å²) in [6.45, 7) is 1.20. The van der Waals surface area contributed by atoms with Crippen LogP contribution in [-0.2, 0) is 4.79 Å². The third kappa shape index (κ3) is 4.66. The number of carbonyl (C=O) groups excluding carboxylic acids is 1. The van der Waals surface area contributed by atoms with E-state index in [1.807, 2.05) is 5.38 Å². The molecule has 1 saturated heterocycles. The third-order valence-corrected chi connectivity index (χ3v) is 5.08. The first-order chi connectivity index (χ1) is 11.7. The van der Waals surface area contributed by atoms with Gasteiger partial charge in [-0.25, -0.2) is 4.98 Å². The second-order valence-corrected chi connectivity index (χ2v) is 7.02. The summed E-state index contributed by atoms with van der Waals surface area (Å²) in [5, 5.41) is 15.7. The van der Waals surface area contributed by atoms with Crippen LogP contribution in [0.2, 0.25) is 0 Å². The van der Waals surface area contributed by atoms with E-state index in [1.165, 1.54) is 11.3 Å². The minimum absolute atomic E-state index is 0.0515. The molecule has 24 heavy (non-hydrogen) atoms. The van der Waals surface area contributed by atoms with Crippen LogP contribution < -0.4 is 5.32 Å². The number of nitrogens with one attached hydrogen (secondary N) is 1. The minimum atomic E-state index is -0.632. The van der Waals surface area contributed by atoms with Crippen molar-refractivity contribution in [2.75, 3.05) is 18.4 Å². The summed E-state index contributed by atoms with van der Waals surface area (Å²) in [5.74, 6) is 0.538. The Morgan fingerprint density at radius 3 is 3.17 bits per heavy atom. The van der Waals surface area contributed by atoms with Crippen LogP contribution >= 0.6 is 11.3 Å². The van der Waals surface area contributed by atoms with Crippen LogP contribution in [0.1, 0.15) is 44.0 Å². The maximum Gasteiger partial charge on any atom is 0.240 e. The summed E-state index contributed by atoms with van der Waals surface area (Å²) >= 11 is 1.41. The van der Waals surface area contributed by atoms with Gasteiger partial charge in [-0.1, -0.05) is 12.8 Å². The maximum atomic E-state index is 12.3. The van der Waals surface area contributed by atoms with Gasteiger partial charge in [-0.15, -0.1) is 11.3 Å². The van der Waals surface area contributed by atoms with E-state index in [1.54, 1.807) is 24.6 Å². The highest BCUT2D eigenvalue weighted by atomic mass is 32.1. The molecule has 0 saturated carbocycles. The number of furan rings is 1. The molecule has 130 valence electrons. The largest absolute Gasteiger partial charge is 0.467 e. The van der Waals surface area contributed by atoms with E-state index in [0.29, 0.717) is 23.9 Å². The Morgan fingerprint density at radius 2 is 2.42 bits per heavy atom. The number of nitrogens with zero attached hydrogens (tertiary/aromatic N) is 2. The highest BCUT2D eigenvalue weighted by molar-refractivity contribution is 7.13. The first-order valence-corrected chi connectivity index (χ1v) is 9.25. The molecule has 0 aliphatic carbocycles. The molecule has 3 rings (SSSR count). The Labute approximate surface area is 145 Å². The number of likely N-dealkylation sites (tertiary alicyclic amines) is 1. The summed E-state index contributed by atoms with van der Waals surface area (Å²) in [7, 11) is 0. The van der Waals surface area contributed by atoms with Gasteiger partial charge in [0.25, 0.3) is 0 Å². The lowest BCUT2D eigenvalue weighted by atomic mass is 10.0. The van der Waals surface area contributed by atoms with E-state index in [2.05, 4.69) is 15.2 Å². The van der Waals surface area contributed by atoms with E-state index < -0.39 is 6.10 Å². The zero-order valence-electron chi connectivity index (χ0n) is 13.6. The van der Waals surface area contributed by atoms with Crippen molar-refractivity contribution in [2.24, 2.45) is 0 Å². The number of hydrogen-bond acceptors (Lipinski definition) is 6. The maximum absolute atomic E-state index is 12.3. The van der Waals surface area contributed by atoms with Crippen LogP contribution in [0.5, 0.6) is 0 Å². The van der Waals surface area contributed by atoms with Gasteiger partial charge < -0.3 is 14.8 Å². The van der Waals surface area contributed by atoms with E-state index >= 15 is 0 Å². The van der Waals surface area contributed by atoms with Gasteiger partial charge in [-0.05, 0) is 37.9 Å². The first kappa shape index (κ1) is 17.1. The zero-order chi connectivity index (χ0) is 16.8. The molecule has 0 bridgehead atoms. The number of thiazole rings is 1. The van der Waals surface area contributed by atoms with Gasteiger partial charge in [0.15, 0.2) is 5.13 Å². The molecule has 2 aromatic rings. The van der Waals surface area contributed by atoms with Crippen LogP contribution in [0.15, 0.2) is 34.4 Å². The Kier molecular flexibility index (Phi) is 6.01. The number of carbonyl (C=O) groups is 1. The first-order valence-electron chi connectivity index (χ1n) is 8.37. The molecule has 2 aromatic heterocycles. The molecule has 2 N–H and O–H groups in total. The van der Waals surface area contributed by atoms with E-state index in [-0.39, 0.29) is 11.9 Å². The molecule has 1 aliphatic rings. The quantitative estimate of drug-likeness (QED) is 0.838. The van der Waals surface area contributed by atoms with Crippen molar-refractivity contribution in [2.45, 2.75) is 44.2 Å². The smallest absolute Gasteiger partial charge is 0.240 e. The average Bonchev–Trinajstić information content (AvgIpc) is 3.22. The molecule has 6 nitrogen and oxygen atoms in total. The highest BCUT2D eigenvalue weighted by Gasteiger charge is 2.26. The van der Waals surface area contributed by atoms with E-state index in [9.17, 15) is 9.90 Å². The molecule has 0 spiro atoms. The average molecular weight is 349 g/mol. The van der Waals surface area contributed by atoms with Crippen molar-refractivity contribution in [3.63, 3.8) is 0 Å². The van der Waals surface area contributed by atoms with Gasteiger partial charge in [-0.3, -0.25) is 9.69 Å². The van der Waals surface area contributed by atoms with Crippen molar-refractivity contribution in [3.8, 4) is 0 Å². The summed E-state index contributed by atoms with van der Waals surface area (Å²) in [5.41, 5.74) is 0. The fourth-order valence-corrected chi connectivity index (χ4v) is 3.74. The van der Waals surface area contributed by atoms with Gasteiger partial charge in [0, 0.05) is 17.6 Å². The molecule has 2 unspecified atom stereocenters. The zero-order valence-corrected chi connectivity index (χ0v) is 14.4. The fourth-order valence-electron chi connectivity index (χ4n) is 3.20. The number of aliphatic hydroxyl groups is 1. The number of hydrogen-bond donors (Lipinski definition) is 2. The molecule has 1 aliphatic heterocycles. The number of aliphatic hydroxyl groups excluding tert-OH is 1. The lowest BCUT2D eigenvalue weighted by Gasteiger charge is -2.30. The molecule has 0 aromatic carbocycles. The Hall–Kier alpha value is -1.70. The molecule has 2 atom stereocenters. The molecule has 0 radical (unpaired) electrons. The summed E-state index contributed by atoms with van der Waals surface area (Å²) in [6, 6.07) is 3.75. The van der Waals surface area contributed by atoms with Crippen molar-refractivity contribution < 1.29 is 14.3 Å². The van der Waals surface area contributed by atoms with Gasteiger partial charge in [0.2, 0.25) is 5.91 Å². The van der Waals surface area contributed by atoms with Gasteiger partial charge >= 0.3 is 0 Å². The van der Waals surface area contributed by atoms with Crippen LogP contribution in [0.25, 0.3) is 0 Å². The Morgan fingerprint density at radius 1 is 1.50 bits per heavy atom. The molecule has 3 heterocycles. The third-order valence-electron chi connectivity index (χ3n) is 4.39. The van der Waals surface area contributed by atoms with Crippen LogP contribution in [0, 0.1) is 0 Å². The highest BCUT2D eigenvalue weighted by Crippen LogP contribution is 2.26. The van der Waals surface area contributed by atoms with Crippen LogP contribution in [0.4, 0.5) is 5.13 Å². The van der Waals surface area contributed by atoms with E-state index in [0.717, 1.165) is 32.2 Å². The van der Waals surface area contributed by atoms with Crippen molar-refractivity contribution in [1.82, 2.24) is 9.88 Å². The van der Waals surface area contributed by atoms with Gasteiger partial charge in [0.1, 0.15) is 11.9 Å². The Bertz CT molecular complexity index is 615. The van der Waals surface area contributed by atoms with Crippen molar-refractivity contribution >= 4 is 22.4 Å². The predicted molar refractivity (Wildman–Crippen MR) is 92.9 cm³/mol. The molecular weight excluding hydrogens is 326 g/mol. The van der Waals surface area contributed by atoms with Gasteiger partial charge in [0.05, 0.1) is 12.8 Å². The van der Waals surface area contributed by atoms with Crippen molar-refractivity contribution in [3.05, 3.63) is 35.7 Å². The monoisotopic (exact) mass is 349 g/mol.